The molecule has 0 rings (SSSR count). The molecule has 4 heteroatoms. The normalized spacial score (nSPS) is 12.2. The second kappa shape index (κ2) is 3.63. The summed E-state index contributed by atoms with van der Waals surface area (Å²) in [5.74, 6) is -0.408. The van der Waals surface area contributed by atoms with Crippen molar-refractivity contribution in [1.82, 2.24) is 5.32 Å². The molecule has 8 heavy (non-hydrogen) atoms. The van der Waals surface area contributed by atoms with Crippen molar-refractivity contribution in [2.45, 2.75) is 5.14 Å². The van der Waals surface area contributed by atoms with Crippen LogP contribution in [0, 0.1) is 0 Å². The molecule has 3 nitrogen and oxygen atoms in total. The van der Waals surface area contributed by atoms with Crippen LogP contribution < -0.4 is 5.32 Å². The van der Waals surface area contributed by atoms with Gasteiger partial charge in [0.2, 0.25) is 5.91 Å². The first kappa shape index (κ1) is 7.65. The van der Waals surface area contributed by atoms with Crippen LogP contribution in [0.25, 0.3) is 0 Å². The van der Waals surface area contributed by atoms with Crippen molar-refractivity contribution in [3.05, 3.63) is 12.7 Å². The number of halogens is 1. The van der Waals surface area contributed by atoms with Gasteiger partial charge in [-0.3, -0.25) is 4.79 Å². The van der Waals surface area contributed by atoms with Gasteiger partial charge in [-0.05, 0) is 22.0 Å². The summed E-state index contributed by atoms with van der Waals surface area (Å²) in [6.07, 6.45) is 1.07. The number of aliphatic hydroxyl groups excluding tert-OH is 1. The topological polar surface area (TPSA) is 49.3 Å². The standard InChI is InChI=1S/C4H6BrNO2/c1-2-3(7)6-4(5)8/h2,4,8H,1H2,(H,6,7). The molecule has 0 spiro atoms. The van der Waals surface area contributed by atoms with Gasteiger partial charge in [-0.2, -0.15) is 0 Å². The van der Waals surface area contributed by atoms with Crippen LogP contribution >= 0.6 is 15.9 Å². The second-order valence-corrected chi connectivity index (χ2v) is 1.92. The maximum atomic E-state index is 10.2. The van der Waals surface area contributed by atoms with E-state index in [0.717, 1.165) is 6.08 Å². The van der Waals surface area contributed by atoms with E-state index >= 15 is 0 Å². The van der Waals surface area contributed by atoms with Gasteiger partial charge < -0.3 is 10.4 Å². The zero-order valence-electron chi connectivity index (χ0n) is 4.10. The maximum absolute atomic E-state index is 10.2. The number of carbonyl (C=O) groups excluding carboxylic acids is 1. The molecule has 0 aliphatic rings. The van der Waals surface area contributed by atoms with E-state index in [1.54, 1.807) is 0 Å². The first-order valence-corrected chi connectivity index (χ1v) is 2.83. The Morgan fingerprint density at radius 1 is 2.00 bits per heavy atom. The van der Waals surface area contributed by atoms with Crippen molar-refractivity contribution in [2.24, 2.45) is 0 Å². The minimum Gasteiger partial charge on any atom is -0.364 e. The molecule has 0 aromatic carbocycles. The second-order valence-electron chi connectivity index (χ2n) is 1.05. The van der Waals surface area contributed by atoms with Crippen LogP contribution in [0.5, 0.6) is 0 Å². The van der Waals surface area contributed by atoms with Crippen LogP contribution in [0.3, 0.4) is 0 Å². The van der Waals surface area contributed by atoms with Crippen LogP contribution in [0.2, 0.25) is 0 Å². The average Bonchev–Trinajstić information content (AvgIpc) is 1.65. The molecule has 0 saturated carbocycles. The lowest BCUT2D eigenvalue weighted by Crippen LogP contribution is -2.27. The van der Waals surface area contributed by atoms with Crippen LogP contribution in [-0.4, -0.2) is 16.2 Å². The summed E-state index contributed by atoms with van der Waals surface area (Å²) in [4.78, 5) is 10.2. The highest BCUT2D eigenvalue weighted by atomic mass is 79.9. The van der Waals surface area contributed by atoms with Gasteiger partial charge in [0.05, 0.1) is 0 Å². The zero-order valence-corrected chi connectivity index (χ0v) is 5.68. The summed E-state index contributed by atoms with van der Waals surface area (Å²) in [5.41, 5.74) is 0. The Hall–Kier alpha value is -0.350. The molecule has 2 N–H and O–H groups in total. The Balaban J connectivity index is 3.39. The summed E-state index contributed by atoms with van der Waals surface area (Å²) in [7, 11) is 0. The van der Waals surface area contributed by atoms with Crippen molar-refractivity contribution in [2.75, 3.05) is 0 Å². The van der Waals surface area contributed by atoms with E-state index in [-0.39, 0.29) is 0 Å². The van der Waals surface area contributed by atoms with Gasteiger partial charge >= 0.3 is 0 Å². The summed E-state index contributed by atoms with van der Waals surface area (Å²) in [6.45, 7) is 3.17. The number of alkyl halides is 1. The molecule has 0 bridgehead atoms. The van der Waals surface area contributed by atoms with Crippen molar-refractivity contribution in [3.8, 4) is 0 Å². The van der Waals surface area contributed by atoms with Crippen LogP contribution in [0.4, 0.5) is 0 Å². The van der Waals surface area contributed by atoms with E-state index in [9.17, 15) is 4.79 Å². The first-order chi connectivity index (χ1) is 3.66. The molecule has 46 valence electrons. The maximum Gasteiger partial charge on any atom is 0.246 e. The quantitative estimate of drug-likeness (QED) is 0.271. The van der Waals surface area contributed by atoms with Gasteiger partial charge in [0, 0.05) is 0 Å². The average molecular weight is 180 g/mol. The Labute approximate surface area is 55.5 Å². The van der Waals surface area contributed by atoms with Crippen molar-refractivity contribution in [3.63, 3.8) is 0 Å². The largest absolute Gasteiger partial charge is 0.364 e. The Kier molecular flexibility index (Phi) is 3.47. The molecule has 0 aliphatic carbocycles. The van der Waals surface area contributed by atoms with Gasteiger partial charge in [-0.25, -0.2) is 0 Å². The van der Waals surface area contributed by atoms with Crippen molar-refractivity contribution < 1.29 is 9.90 Å². The number of aliphatic hydroxyl groups is 1. The van der Waals surface area contributed by atoms with Gasteiger partial charge in [0.25, 0.3) is 0 Å². The predicted molar refractivity (Wildman–Crippen MR) is 33.3 cm³/mol. The van der Waals surface area contributed by atoms with Crippen LogP contribution in [0.15, 0.2) is 12.7 Å². The first-order valence-electron chi connectivity index (χ1n) is 1.92. The summed E-state index contributed by atoms with van der Waals surface area (Å²) in [5, 5.41) is 9.52. The Bertz CT molecular complexity index is 102. The predicted octanol–water partition coefficient (Wildman–Crippen LogP) is -0.0406. The molecule has 0 aliphatic heterocycles. The number of rotatable bonds is 2. The monoisotopic (exact) mass is 179 g/mol. The van der Waals surface area contributed by atoms with E-state index in [2.05, 4.69) is 27.8 Å². The van der Waals surface area contributed by atoms with E-state index in [4.69, 9.17) is 5.11 Å². The lowest BCUT2D eigenvalue weighted by Gasteiger charge is -1.99. The fraction of sp³-hybridized carbons (Fsp3) is 0.250. The number of hydrogen-bond acceptors (Lipinski definition) is 2. The summed E-state index contributed by atoms with van der Waals surface area (Å²) >= 11 is 2.69. The van der Waals surface area contributed by atoms with Crippen molar-refractivity contribution >= 4 is 21.8 Å². The van der Waals surface area contributed by atoms with Crippen LogP contribution in [-0.2, 0) is 4.79 Å². The number of nitrogens with one attached hydrogen (secondary N) is 1. The third-order valence-electron chi connectivity index (χ3n) is 0.447. The lowest BCUT2D eigenvalue weighted by atomic mass is 10.6. The van der Waals surface area contributed by atoms with Gasteiger partial charge in [-0.1, -0.05) is 6.58 Å². The van der Waals surface area contributed by atoms with Crippen molar-refractivity contribution in [1.29, 1.82) is 0 Å². The molecule has 0 aromatic heterocycles. The third kappa shape index (κ3) is 3.83. The summed E-state index contributed by atoms with van der Waals surface area (Å²) in [6, 6.07) is 0. The molecular formula is C4H6BrNO2. The molecule has 0 fully saturated rings. The fourth-order valence-electron chi connectivity index (χ4n) is 0.176. The number of carbonyl (C=O) groups is 1. The smallest absolute Gasteiger partial charge is 0.246 e. The zero-order chi connectivity index (χ0) is 6.57. The van der Waals surface area contributed by atoms with Crippen LogP contribution in [0.1, 0.15) is 0 Å². The molecule has 0 aromatic rings. The van der Waals surface area contributed by atoms with E-state index in [0.29, 0.717) is 0 Å². The minimum atomic E-state index is -0.979. The third-order valence-corrected chi connectivity index (χ3v) is 0.676. The molecule has 1 unspecified atom stereocenters. The van der Waals surface area contributed by atoms with Gasteiger partial charge in [0.15, 0.2) is 5.14 Å². The number of amides is 1. The van der Waals surface area contributed by atoms with E-state index in [1.165, 1.54) is 0 Å². The lowest BCUT2D eigenvalue weighted by molar-refractivity contribution is -0.117. The molecule has 1 atom stereocenters. The molecular weight excluding hydrogens is 174 g/mol. The minimum absolute atomic E-state index is 0.408. The fourth-order valence-corrected chi connectivity index (χ4v) is 0.402. The van der Waals surface area contributed by atoms with Gasteiger partial charge in [0.1, 0.15) is 0 Å². The van der Waals surface area contributed by atoms with E-state index in [1.807, 2.05) is 0 Å². The molecule has 0 heterocycles. The van der Waals surface area contributed by atoms with Gasteiger partial charge in [-0.15, -0.1) is 0 Å². The molecule has 0 saturated heterocycles. The highest BCUT2D eigenvalue weighted by Gasteiger charge is 1.96. The van der Waals surface area contributed by atoms with E-state index < -0.39 is 11.0 Å². The summed E-state index contributed by atoms with van der Waals surface area (Å²) < 4.78 is 0. The molecule has 1 amide bonds. The Morgan fingerprint density at radius 3 is 2.62 bits per heavy atom. The molecule has 0 radical (unpaired) electrons. The SMILES string of the molecule is C=CC(=O)NC(O)Br. The highest BCUT2D eigenvalue weighted by molar-refractivity contribution is 9.09. The highest BCUT2D eigenvalue weighted by Crippen LogP contribution is 1.85. The number of hydrogen-bond donors (Lipinski definition) is 2. The Morgan fingerprint density at radius 2 is 2.50 bits per heavy atom.